The normalized spacial score (nSPS) is 11.8. The van der Waals surface area contributed by atoms with E-state index in [-0.39, 0.29) is 24.6 Å². The lowest BCUT2D eigenvalue weighted by Gasteiger charge is -2.22. The number of carbonyl (C=O) groups is 2. The maximum atomic E-state index is 14.6. The summed E-state index contributed by atoms with van der Waals surface area (Å²) in [6, 6.07) is 9.46. The van der Waals surface area contributed by atoms with Crippen LogP contribution >= 0.6 is 0 Å². The molecule has 0 bridgehead atoms. The number of nitrogens with zero attached hydrogens (tertiary/aromatic N) is 5. The minimum Gasteiger partial charge on any atom is -0.365 e. The standard InChI is InChI=1S/C28H31F3N6O2/c1-6-20(12-13-37(17-38)16-25(39)35(3)4)36(5)21-10-11-24-23(14-21)28(34-18(2)33-24)32-15-19-8-7-9-22(26(19)29)27(30)31/h6-14,17,27H,15-16H2,1-5H3,(H,32,33,34)/b13-12-,20-6+. The summed E-state index contributed by atoms with van der Waals surface area (Å²) in [6.07, 6.45) is 2.76. The van der Waals surface area contributed by atoms with Gasteiger partial charge in [-0.05, 0) is 38.1 Å². The van der Waals surface area contributed by atoms with Crippen LogP contribution in [0, 0.1) is 12.7 Å². The number of hydrogen-bond acceptors (Lipinski definition) is 6. The number of likely N-dealkylation sites (N-methyl/N-ethyl adjacent to an activating group) is 2. The molecular weight excluding hydrogens is 509 g/mol. The summed E-state index contributed by atoms with van der Waals surface area (Å²) in [7, 11) is 5.07. The average molecular weight is 541 g/mol. The second kappa shape index (κ2) is 12.9. The number of anilines is 2. The number of rotatable bonds is 11. The van der Waals surface area contributed by atoms with E-state index in [4.69, 9.17) is 0 Å². The highest BCUT2D eigenvalue weighted by atomic mass is 19.3. The van der Waals surface area contributed by atoms with Gasteiger partial charge < -0.3 is 20.0 Å². The van der Waals surface area contributed by atoms with Crippen LogP contribution in [0.5, 0.6) is 0 Å². The van der Waals surface area contributed by atoms with Crippen LogP contribution in [0.15, 0.2) is 60.4 Å². The lowest BCUT2D eigenvalue weighted by molar-refractivity contribution is -0.132. The van der Waals surface area contributed by atoms with Crippen LogP contribution in [0.2, 0.25) is 0 Å². The number of aromatic nitrogens is 2. The van der Waals surface area contributed by atoms with E-state index in [1.54, 1.807) is 27.1 Å². The third-order valence-corrected chi connectivity index (χ3v) is 6.04. The molecule has 3 aromatic rings. The van der Waals surface area contributed by atoms with Crippen LogP contribution in [0.3, 0.4) is 0 Å². The molecule has 0 radical (unpaired) electrons. The highest BCUT2D eigenvalue weighted by Gasteiger charge is 2.17. The molecule has 1 aromatic heterocycles. The van der Waals surface area contributed by atoms with E-state index in [1.165, 1.54) is 28.1 Å². The molecule has 0 spiro atoms. The van der Waals surface area contributed by atoms with Crippen molar-refractivity contribution < 1.29 is 22.8 Å². The lowest BCUT2D eigenvalue weighted by atomic mass is 10.1. The Labute approximate surface area is 225 Å². The van der Waals surface area contributed by atoms with E-state index in [0.29, 0.717) is 29.0 Å². The summed E-state index contributed by atoms with van der Waals surface area (Å²) < 4.78 is 40.8. The van der Waals surface area contributed by atoms with Crippen LogP contribution in [-0.4, -0.2) is 59.8 Å². The van der Waals surface area contributed by atoms with E-state index in [1.807, 2.05) is 43.1 Å². The third kappa shape index (κ3) is 7.13. The zero-order valence-electron chi connectivity index (χ0n) is 22.5. The molecule has 39 heavy (non-hydrogen) atoms. The average Bonchev–Trinajstić information content (AvgIpc) is 2.91. The Morgan fingerprint density at radius 1 is 1.13 bits per heavy atom. The molecule has 0 aliphatic heterocycles. The van der Waals surface area contributed by atoms with Crippen molar-refractivity contribution in [2.45, 2.75) is 26.8 Å². The number of alkyl halides is 2. The summed E-state index contributed by atoms with van der Waals surface area (Å²) in [5.74, 6) is -0.239. The maximum Gasteiger partial charge on any atom is 0.266 e. The first kappa shape index (κ1) is 29.2. The fraction of sp³-hybridized carbons (Fsp3) is 0.286. The molecule has 1 heterocycles. The number of carbonyl (C=O) groups excluding carboxylic acids is 2. The monoisotopic (exact) mass is 540 g/mol. The molecule has 0 fully saturated rings. The Bertz CT molecular complexity index is 1410. The summed E-state index contributed by atoms with van der Waals surface area (Å²) in [5, 5.41) is 3.73. The smallest absolute Gasteiger partial charge is 0.266 e. The number of benzene rings is 2. The van der Waals surface area contributed by atoms with Gasteiger partial charge >= 0.3 is 0 Å². The molecule has 0 unspecified atom stereocenters. The number of fused-ring (bicyclic) bond motifs is 1. The topological polar surface area (TPSA) is 81.7 Å². The SMILES string of the molecule is C/C=C(\C=C/N(C=O)CC(=O)N(C)C)N(C)c1ccc2nc(C)nc(NCc3cccc(C(F)F)c3F)c2c1. The first-order valence-corrected chi connectivity index (χ1v) is 12.1. The molecule has 0 aliphatic rings. The van der Waals surface area contributed by atoms with E-state index in [9.17, 15) is 22.8 Å². The van der Waals surface area contributed by atoms with E-state index < -0.39 is 17.8 Å². The molecule has 11 heteroatoms. The molecule has 0 atom stereocenters. The number of aryl methyl sites for hydroxylation is 1. The molecule has 206 valence electrons. The minimum atomic E-state index is -2.91. The molecule has 0 saturated carbocycles. The van der Waals surface area contributed by atoms with Gasteiger partial charge in [-0.3, -0.25) is 9.59 Å². The van der Waals surface area contributed by atoms with Crippen molar-refractivity contribution in [3.05, 3.63) is 83.2 Å². The predicted molar refractivity (Wildman–Crippen MR) is 146 cm³/mol. The fourth-order valence-electron chi connectivity index (χ4n) is 3.81. The second-order valence-corrected chi connectivity index (χ2v) is 8.95. The summed E-state index contributed by atoms with van der Waals surface area (Å²) in [4.78, 5) is 36.9. The zero-order valence-corrected chi connectivity index (χ0v) is 22.5. The van der Waals surface area contributed by atoms with Crippen LogP contribution in [-0.2, 0) is 16.1 Å². The number of amides is 2. The van der Waals surface area contributed by atoms with Gasteiger partial charge in [0, 0.05) is 56.2 Å². The number of allylic oxidation sites excluding steroid dienone is 2. The van der Waals surface area contributed by atoms with Crippen LogP contribution in [0.4, 0.5) is 24.7 Å². The van der Waals surface area contributed by atoms with Crippen molar-refractivity contribution in [1.29, 1.82) is 0 Å². The first-order valence-electron chi connectivity index (χ1n) is 12.1. The second-order valence-electron chi connectivity index (χ2n) is 8.95. The molecule has 0 saturated heterocycles. The summed E-state index contributed by atoms with van der Waals surface area (Å²) >= 11 is 0. The Kier molecular flexibility index (Phi) is 9.64. The van der Waals surface area contributed by atoms with Gasteiger partial charge in [0.15, 0.2) is 0 Å². The minimum absolute atomic E-state index is 0.0476. The molecule has 2 aromatic carbocycles. The molecule has 8 nitrogen and oxygen atoms in total. The number of halogens is 3. The van der Waals surface area contributed by atoms with Gasteiger partial charge in [-0.25, -0.2) is 23.1 Å². The van der Waals surface area contributed by atoms with Crippen LogP contribution in [0.25, 0.3) is 10.9 Å². The Balaban J connectivity index is 1.88. The van der Waals surface area contributed by atoms with Gasteiger partial charge in [0.1, 0.15) is 24.0 Å². The summed E-state index contributed by atoms with van der Waals surface area (Å²) in [6.45, 7) is 3.43. The Morgan fingerprint density at radius 2 is 1.87 bits per heavy atom. The zero-order chi connectivity index (χ0) is 28.7. The molecule has 1 N–H and O–H groups in total. The number of hydrogen-bond donors (Lipinski definition) is 1. The summed E-state index contributed by atoms with van der Waals surface area (Å²) in [5.41, 5.74) is 1.61. The van der Waals surface area contributed by atoms with E-state index in [0.717, 1.165) is 17.5 Å². The quantitative estimate of drug-likeness (QED) is 0.272. The largest absolute Gasteiger partial charge is 0.365 e. The van der Waals surface area contributed by atoms with Gasteiger partial charge in [-0.1, -0.05) is 24.3 Å². The van der Waals surface area contributed by atoms with Crippen molar-refractivity contribution in [3.8, 4) is 0 Å². The Hall–Kier alpha value is -4.41. The van der Waals surface area contributed by atoms with Crippen LogP contribution < -0.4 is 10.2 Å². The van der Waals surface area contributed by atoms with Gasteiger partial charge in [0.05, 0.1) is 11.1 Å². The highest BCUT2D eigenvalue weighted by molar-refractivity contribution is 5.92. The van der Waals surface area contributed by atoms with Gasteiger partial charge in [-0.2, -0.15) is 0 Å². The molecular formula is C28H31F3N6O2. The number of nitrogens with one attached hydrogen (secondary N) is 1. The maximum absolute atomic E-state index is 14.6. The van der Waals surface area contributed by atoms with Gasteiger partial charge in [-0.15, -0.1) is 0 Å². The predicted octanol–water partition coefficient (Wildman–Crippen LogP) is 5.03. The van der Waals surface area contributed by atoms with Crippen molar-refractivity contribution in [1.82, 2.24) is 19.8 Å². The van der Waals surface area contributed by atoms with Gasteiger partial charge in [0.25, 0.3) is 6.43 Å². The molecule has 2 amide bonds. The molecule has 3 rings (SSSR count). The first-order chi connectivity index (χ1) is 18.5. The highest BCUT2D eigenvalue weighted by Crippen LogP contribution is 2.29. The van der Waals surface area contributed by atoms with Crippen molar-refractivity contribution in [3.63, 3.8) is 0 Å². The Morgan fingerprint density at radius 3 is 2.51 bits per heavy atom. The van der Waals surface area contributed by atoms with Crippen molar-refractivity contribution in [2.75, 3.05) is 37.9 Å². The van der Waals surface area contributed by atoms with Crippen LogP contribution in [0.1, 0.15) is 30.3 Å². The third-order valence-electron chi connectivity index (χ3n) is 6.04. The fourth-order valence-corrected chi connectivity index (χ4v) is 3.81. The lowest BCUT2D eigenvalue weighted by Crippen LogP contribution is -2.33. The molecule has 0 aliphatic carbocycles. The van der Waals surface area contributed by atoms with E-state index in [2.05, 4.69) is 15.3 Å². The van der Waals surface area contributed by atoms with Gasteiger partial charge in [0.2, 0.25) is 12.3 Å². The van der Waals surface area contributed by atoms with Crippen molar-refractivity contribution >= 4 is 34.7 Å². The van der Waals surface area contributed by atoms with E-state index >= 15 is 0 Å². The van der Waals surface area contributed by atoms with Crippen molar-refractivity contribution in [2.24, 2.45) is 0 Å².